The average molecular weight is 217 g/mol. The van der Waals surface area contributed by atoms with Crippen LogP contribution >= 0.6 is 0 Å². The summed E-state index contributed by atoms with van der Waals surface area (Å²) >= 11 is 0. The maximum Gasteiger partial charge on any atom is 0.0406 e. The van der Waals surface area contributed by atoms with Gasteiger partial charge in [-0.3, -0.25) is 0 Å². The van der Waals surface area contributed by atoms with E-state index in [9.17, 15) is 0 Å². The van der Waals surface area contributed by atoms with Gasteiger partial charge in [-0.05, 0) is 30.4 Å². The summed E-state index contributed by atoms with van der Waals surface area (Å²) < 4.78 is 0. The van der Waals surface area contributed by atoms with Crippen LogP contribution in [0.25, 0.3) is 0 Å². The van der Waals surface area contributed by atoms with Crippen LogP contribution in [-0.4, -0.2) is 6.54 Å². The third-order valence-corrected chi connectivity index (χ3v) is 3.74. The smallest absolute Gasteiger partial charge is 0.0406 e. The molecule has 0 saturated carbocycles. The van der Waals surface area contributed by atoms with Crippen LogP contribution in [0.4, 0.5) is 5.69 Å². The van der Waals surface area contributed by atoms with Gasteiger partial charge in [0.05, 0.1) is 0 Å². The molecule has 1 aromatic carbocycles. The van der Waals surface area contributed by atoms with Gasteiger partial charge in [0.2, 0.25) is 0 Å². The SMILES string of the molecule is CCCC(C)CC1CNc2c(C)cccc21. The molecule has 0 saturated heterocycles. The highest BCUT2D eigenvalue weighted by molar-refractivity contribution is 5.62. The molecule has 0 aliphatic carbocycles. The Morgan fingerprint density at radius 1 is 1.44 bits per heavy atom. The lowest BCUT2D eigenvalue weighted by Crippen LogP contribution is -2.07. The van der Waals surface area contributed by atoms with Gasteiger partial charge in [-0.15, -0.1) is 0 Å². The van der Waals surface area contributed by atoms with E-state index in [0.717, 1.165) is 18.4 Å². The molecule has 1 N–H and O–H groups in total. The van der Waals surface area contributed by atoms with Crippen LogP contribution in [0.2, 0.25) is 0 Å². The number of nitrogens with one attached hydrogen (secondary N) is 1. The van der Waals surface area contributed by atoms with Crippen LogP contribution in [0.3, 0.4) is 0 Å². The molecule has 1 aromatic rings. The summed E-state index contributed by atoms with van der Waals surface area (Å²) in [7, 11) is 0. The van der Waals surface area contributed by atoms with Crippen LogP contribution < -0.4 is 5.32 Å². The predicted molar refractivity (Wildman–Crippen MR) is 71.1 cm³/mol. The molecular formula is C15H23N. The molecule has 2 atom stereocenters. The standard InChI is InChI=1S/C15H23N/c1-4-6-11(2)9-13-10-16-15-12(3)7-5-8-14(13)15/h5,7-8,11,13,16H,4,6,9-10H2,1-3H3. The van der Waals surface area contributed by atoms with Crippen molar-refractivity contribution in [2.24, 2.45) is 5.92 Å². The van der Waals surface area contributed by atoms with Crippen molar-refractivity contribution in [3.8, 4) is 0 Å². The van der Waals surface area contributed by atoms with E-state index in [4.69, 9.17) is 0 Å². The van der Waals surface area contributed by atoms with Crippen molar-refractivity contribution in [1.29, 1.82) is 0 Å². The first-order chi connectivity index (χ1) is 7.72. The van der Waals surface area contributed by atoms with E-state index in [1.54, 1.807) is 5.56 Å². The maximum absolute atomic E-state index is 3.57. The lowest BCUT2D eigenvalue weighted by atomic mass is 9.88. The molecule has 0 bridgehead atoms. The van der Waals surface area contributed by atoms with Gasteiger partial charge < -0.3 is 5.32 Å². The molecule has 0 amide bonds. The molecule has 1 aliphatic heterocycles. The van der Waals surface area contributed by atoms with E-state index in [1.165, 1.54) is 30.5 Å². The predicted octanol–water partition coefficient (Wildman–Crippen LogP) is 4.33. The number of rotatable bonds is 4. The molecule has 2 unspecified atom stereocenters. The fourth-order valence-electron chi connectivity index (χ4n) is 2.91. The molecule has 0 spiro atoms. The number of fused-ring (bicyclic) bond motifs is 1. The minimum absolute atomic E-state index is 0.733. The van der Waals surface area contributed by atoms with Gasteiger partial charge in [0, 0.05) is 18.2 Å². The van der Waals surface area contributed by atoms with Crippen molar-refractivity contribution in [3.63, 3.8) is 0 Å². The summed E-state index contributed by atoms with van der Waals surface area (Å²) in [5, 5.41) is 3.57. The summed E-state index contributed by atoms with van der Waals surface area (Å²) in [5.41, 5.74) is 4.34. The second kappa shape index (κ2) is 4.90. The summed E-state index contributed by atoms with van der Waals surface area (Å²) in [6.45, 7) is 8.00. The van der Waals surface area contributed by atoms with Gasteiger partial charge in [-0.25, -0.2) is 0 Å². The highest BCUT2D eigenvalue weighted by Crippen LogP contribution is 2.37. The van der Waals surface area contributed by atoms with E-state index in [0.29, 0.717) is 0 Å². The molecule has 0 aromatic heterocycles. The summed E-state index contributed by atoms with van der Waals surface area (Å²) in [6, 6.07) is 6.69. The number of hydrogen-bond acceptors (Lipinski definition) is 1. The van der Waals surface area contributed by atoms with Crippen molar-refractivity contribution in [2.75, 3.05) is 11.9 Å². The van der Waals surface area contributed by atoms with Crippen LogP contribution in [0.5, 0.6) is 0 Å². The van der Waals surface area contributed by atoms with Crippen LogP contribution in [0, 0.1) is 12.8 Å². The van der Waals surface area contributed by atoms with Crippen molar-refractivity contribution in [3.05, 3.63) is 29.3 Å². The summed E-state index contributed by atoms with van der Waals surface area (Å²) in [4.78, 5) is 0. The minimum Gasteiger partial charge on any atom is -0.384 e. The summed E-state index contributed by atoms with van der Waals surface area (Å²) in [6.07, 6.45) is 4.00. The fraction of sp³-hybridized carbons (Fsp3) is 0.600. The van der Waals surface area contributed by atoms with E-state index in [-0.39, 0.29) is 0 Å². The van der Waals surface area contributed by atoms with Gasteiger partial charge in [0.25, 0.3) is 0 Å². The van der Waals surface area contributed by atoms with Gasteiger partial charge >= 0.3 is 0 Å². The molecule has 1 heteroatoms. The number of benzene rings is 1. The Morgan fingerprint density at radius 2 is 2.25 bits per heavy atom. The van der Waals surface area contributed by atoms with Crippen molar-refractivity contribution < 1.29 is 0 Å². The first kappa shape index (κ1) is 11.5. The van der Waals surface area contributed by atoms with Crippen LogP contribution in [0.1, 0.15) is 50.2 Å². The molecule has 1 nitrogen and oxygen atoms in total. The molecule has 16 heavy (non-hydrogen) atoms. The molecular weight excluding hydrogens is 194 g/mol. The molecule has 1 heterocycles. The highest BCUT2D eigenvalue weighted by atomic mass is 14.9. The number of aryl methyl sites for hydroxylation is 1. The van der Waals surface area contributed by atoms with Crippen molar-refractivity contribution >= 4 is 5.69 Å². The molecule has 88 valence electrons. The molecule has 0 radical (unpaired) electrons. The molecule has 1 aliphatic rings. The van der Waals surface area contributed by atoms with E-state index < -0.39 is 0 Å². The minimum atomic E-state index is 0.733. The normalized spacial score (nSPS) is 20.3. The zero-order valence-corrected chi connectivity index (χ0v) is 10.7. The second-order valence-corrected chi connectivity index (χ2v) is 5.25. The Hall–Kier alpha value is -0.980. The third kappa shape index (κ3) is 2.23. The van der Waals surface area contributed by atoms with Crippen LogP contribution in [0.15, 0.2) is 18.2 Å². The summed E-state index contributed by atoms with van der Waals surface area (Å²) in [5.74, 6) is 1.58. The first-order valence-electron chi connectivity index (χ1n) is 6.55. The Bertz CT molecular complexity index is 356. The maximum atomic E-state index is 3.57. The highest BCUT2D eigenvalue weighted by Gasteiger charge is 2.24. The zero-order chi connectivity index (χ0) is 11.5. The number of para-hydroxylation sites is 1. The van der Waals surface area contributed by atoms with Crippen LogP contribution in [-0.2, 0) is 0 Å². The lowest BCUT2D eigenvalue weighted by Gasteiger charge is -2.16. The Morgan fingerprint density at radius 3 is 3.00 bits per heavy atom. The van der Waals surface area contributed by atoms with E-state index in [1.807, 2.05) is 0 Å². The van der Waals surface area contributed by atoms with Gasteiger partial charge in [-0.1, -0.05) is 44.9 Å². The quantitative estimate of drug-likeness (QED) is 0.791. The Labute approximate surface area is 99.3 Å². The molecule has 0 fully saturated rings. The molecule has 2 rings (SSSR count). The third-order valence-electron chi connectivity index (χ3n) is 3.74. The number of hydrogen-bond donors (Lipinski definition) is 1. The Balaban J connectivity index is 2.09. The zero-order valence-electron chi connectivity index (χ0n) is 10.7. The van der Waals surface area contributed by atoms with Crippen molar-refractivity contribution in [1.82, 2.24) is 0 Å². The largest absolute Gasteiger partial charge is 0.384 e. The van der Waals surface area contributed by atoms with E-state index in [2.05, 4.69) is 44.3 Å². The van der Waals surface area contributed by atoms with Gasteiger partial charge in [-0.2, -0.15) is 0 Å². The van der Waals surface area contributed by atoms with Crippen molar-refractivity contribution in [2.45, 2.75) is 46.0 Å². The lowest BCUT2D eigenvalue weighted by molar-refractivity contribution is 0.448. The average Bonchev–Trinajstić information content (AvgIpc) is 2.64. The van der Waals surface area contributed by atoms with Gasteiger partial charge in [0.15, 0.2) is 0 Å². The first-order valence-corrected chi connectivity index (χ1v) is 6.55. The fourth-order valence-corrected chi connectivity index (χ4v) is 2.91. The monoisotopic (exact) mass is 217 g/mol. The topological polar surface area (TPSA) is 12.0 Å². The van der Waals surface area contributed by atoms with E-state index >= 15 is 0 Å². The second-order valence-electron chi connectivity index (χ2n) is 5.25. The Kier molecular flexibility index (Phi) is 3.52. The van der Waals surface area contributed by atoms with Gasteiger partial charge in [0.1, 0.15) is 0 Å². The number of anilines is 1.